The minimum absolute atomic E-state index is 0. The van der Waals surface area contributed by atoms with Gasteiger partial charge in [-0.2, -0.15) is 0 Å². The van der Waals surface area contributed by atoms with E-state index in [9.17, 15) is 4.79 Å². The molecule has 1 atom stereocenters. The van der Waals surface area contributed by atoms with Crippen molar-refractivity contribution < 1.29 is 4.79 Å². The van der Waals surface area contributed by atoms with E-state index >= 15 is 0 Å². The number of carbonyl (C=O) groups is 1. The first-order valence-electron chi connectivity index (χ1n) is 6.97. The summed E-state index contributed by atoms with van der Waals surface area (Å²) in [7, 11) is 1.93. The van der Waals surface area contributed by atoms with Crippen LogP contribution in [0.25, 0.3) is 0 Å². The number of carbonyl (C=O) groups excluding carboxylic acids is 1. The van der Waals surface area contributed by atoms with Crippen LogP contribution in [0.2, 0.25) is 5.02 Å². The molecule has 0 spiro atoms. The Kier molecular flexibility index (Phi) is 7.88. The smallest absolute Gasteiger partial charge is 0.235 e. The van der Waals surface area contributed by atoms with Crippen LogP contribution in [0, 0.1) is 0 Å². The molecule has 0 aliphatic carbocycles. The monoisotopic (exact) mass is 348 g/mol. The second-order valence-electron chi connectivity index (χ2n) is 5.14. The summed E-state index contributed by atoms with van der Waals surface area (Å²) in [5.41, 5.74) is 0. The topological polar surface area (TPSA) is 32.3 Å². The molecule has 3 nitrogen and oxygen atoms in total. The van der Waals surface area contributed by atoms with Gasteiger partial charge in [-0.25, -0.2) is 0 Å². The highest BCUT2D eigenvalue weighted by atomic mass is 35.5. The lowest BCUT2D eigenvalue weighted by molar-refractivity contribution is -0.131. The fraction of sp³-hybridized carbons (Fsp3) is 0.533. The molecule has 6 heteroatoms. The molecule has 21 heavy (non-hydrogen) atoms. The summed E-state index contributed by atoms with van der Waals surface area (Å²) in [4.78, 5) is 15.5. The Bertz CT molecular complexity index is 449. The molecular formula is C15H22Cl2N2OS. The lowest BCUT2D eigenvalue weighted by atomic mass is 10.1. The number of nitrogens with zero attached hydrogens (tertiary/aromatic N) is 1. The standard InChI is InChI=1S/C15H21ClN2OS.ClH/c1-11(20-14-5-3-12(16)4-6-14)15(19)18(2)13-7-9-17-10-8-13;/h3-6,11,13,17H,7-10H2,1-2H3;1H. The van der Waals surface area contributed by atoms with Crippen LogP contribution in [0.1, 0.15) is 19.8 Å². The van der Waals surface area contributed by atoms with Crippen LogP contribution in [0.3, 0.4) is 0 Å². The van der Waals surface area contributed by atoms with Gasteiger partial charge in [0.1, 0.15) is 0 Å². The molecule has 1 aliphatic heterocycles. The number of hydrogen-bond donors (Lipinski definition) is 1. The third-order valence-electron chi connectivity index (χ3n) is 3.68. The maximum Gasteiger partial charge on any atom is 0.235 e. The van der Waals surface area contributed by atoms with Crippen molar-refractivity contribution in [3.05, 3.63) is 29.3 Å². The second kappa shape index (κ2) is 8.89. The van der Waals surface area contributed by atoms with E-state index in [4.69, 9.17) is 11.6 Å². The summed E-state index contributed by atoms with van der Waals surface area (Å²) < 4.78 is 0. The number of nitrogens with one attached hydrogen (secondary N) is 1. The fourth-order valence-electron chi connectivity index (χ4n) is 2.43. The van der Waals surface area contributed by atoms with Gasteiger partial charge < -0.3 is 10.2 Å². The molecule has 1 N–H and O–H groups in total. The largest absolute Gasteiger partial charge is 0.342 e. The third-order valence-corrected chi connectivity index (χ3v) is 5.03. The van der Waals surface area contributed by atoms with E-state index in [1.54, 1.807) is 11.8 Å². The van der Waals surface area contributed by atoms with Crippen molar-refractivity contribution in [2.45, 2.75) is 36.0 Å². The maximum atomic E-state index is 12.5. The summed E-state index contributed by atoms with van der Waals surface area (Å²) >= 11 is 7.46. The number of hydrogen-bond acceptors (Lipinski definition) is 3. The van der Waals surface area contributed by atoms with Crippen molar-refractivity contribution in [3.8, 4) is 0 Å². The lowest BCUT2D eigenvalue weighted by Crippen LogP contribution is -2.46. The van der Waals surface area contributed by atoms with Crippen molar-refractivity contribution in [2.24, 2.45) is 0 Å². The molecule has 1 saturated heterocycles. The molecule has 1 aliphatic rings. The van der Waals surface area contributed by atoms with Gasteiger partial charge in [-0.1, -0.05) is 11.6 Å². The summed E-state index contributed by atoms with van der Waals surface area (Å²) in [5, 5.41) is 3.98. The molecule has 1 amide bonds. The molecule has 118 valence electrons. The van der Waals surface area contributed by atoms with Crippen molar-refractivity contribution in [3.63, 3.8) is 0 Å². The van der Waals surface area contributed by atoms with Gasteiger partial charge in [0.2, 0.25) is 5.91 Å². The van der Waals surface area contributed by atoms with Gasteiger partial charge in [-0.3, -0.25) is 4.79 Å². The first-order chi connectivity index (χ1) is 9.58. The Morgan fingerprint density at radius 3 is 2.48 bits per heavy atom. The van der Waals surface area contributed by atoms with Crippen LogP contribution in [0.5, 0.6) is 0 Å². The second-order valence-corrected chi connectivity index (χ2v) is 6.99. The van der Waals surface area contributed by atoms with Crippen LogP contribution in [-0.2, 0) is 4.79 Å². The molecule has 1 heterocycles. The van der Waals surface area contributed by atoms with Crippen LogP contribution in [0.4, 0.5) is 0 Å². The minimum Gasteiger partial charge on any atom is -0.342 e. The first-order valence-corrected chi connectivity index (χ1v) is 8.23. The maximum absolute atomic E-state index is 12.5. The number of rotatable bonds is 4. The van der Waals surface area contributed by atoms with E-state index in [1.165, 1.54) is 0 Å². The predicted octanol–water partition coefficient (Wildman–Crippen LogP) is 3.45. The Balaban J connectivity index is 0.00000220. The zero-order valence-electron chi connectivity index (χ0n) is 12.3. The van der Waals surface area contributed by atoms with Crippen LogP contribution < -0.4 is 5.32 Å². The summed E-state index contributed by atoms with van der Waals surface area (Å²) in [6, 6.07) is 8.01. The van der Waals surface area contributed by atoms with Gasteiger partial charge in [0.15, 0.2) is 0 Å². The van der Waals surface area contributed by atoms with Gasteiger partial charge >= 0.3 is 0 Å². The van der Waals surface area contributed by atoms with E-state index < -0.39 is 0 Å². The number of benzene rings is 1. The van der Waals surface area contributed by atoms with Crippen LogP contribution in [-0.4, -0.2) is 42.2 Å². The van der Waals surface area contributed by atoms with E-state index in [0.29, 0.717) is 6.04 Å². The molecule has 1 aromatic rings. The quantitative estimate of drug-likeness (QED) is 0.845. The van der Waals surface area contributed by atoms with E-state index in [2.05, 4.69) is 5.32 Å². The molecular weight excluding hydrogens is 327 g/mol. The molecule has 1 unspecified atom stereocenters. The number of amides is 1. The predicted molar refractivity (Wildman–Crippen MR) is 92.7 cm³/mol. The van der Waals surface area contributed by atoms with E-state index in [0.717, 1.165) is 35.8 Å². The van der Waals surface area contributed by atoms with Crippen molar-refractivity contribution >= 4 is 41.7 Å². The average molecular weight is 349 g/mol. The van der Waals surface area contributed by atoms with Gasteiger partial charge in [-0.05, 0) is 57.1 Å². The lowest BCUT2D eigenvalue weighted by Gasteiger charge is -2.33. The molecule has 0 aromatic heterocycles. The Hall–Kier alpha value is -0.420. The highest BCUT2D eigenvalue weighted by molar-refractivity contribution is 8.00. The van der Waals surface area contributed by atoms with E-state index in [-0.39, 0.29) is 23.6 Å². The Labute approximate surface area is 142 Å². The third kappa shape index (κ3) is 5.37. The molecule has 0 bridgehead atoms. The van der Waals surface area contributed by atoms with Crippen molar-refractivity contribution in [1.82, 2.24) is 10.2 Å². The Morgan fingerprint density at radius 2 is 1.90 bits per heavy atom. The number of thioether (sulfide) groups is 1. The van der Waals surface area contributed by atoms with Crippen molar-refractivity contribution in [1.29, 1.82) is 0 Å². The van der Waals surface area contributed by atoms with Gasteiger partial charge in [0.05, 0.1) is 5.25 Å². The number of piperidine rings is 1. The molecule has 2 rings (SSSR count). The Morgan fingerprint density at radius 1 is 1.33 bits per heavy atom. The SMILES string of the molecule is CC(Sc1ccc(Cl)cc1)C(=O)N(C)C1CCNCC1.Cl. The molecule has 1 fully saturated rings. The zero-order chi connectivity index (χ0) is 14.5. The summed E-state index contributed by atoms with van der Waals surface area (Å²) in [5.74, 6) is 0.205. The molecule has 0 saturated carbocycles. The normalized spacial score (nSPS) is 16.9. The van der Waals surface area contributed by atoms with Crippen LogP contribution in [0.15, 0.2) is 29.2 Å². The number of halogens is 2. The minimum atomic E-state index is -0.0731. The van der Waals surface area contributed by atoms with Gasteiger partial charge in [0.25, 0.3) is 0 Å². The first kappa shape index (κ1) is 18.6. The van der Waals surface area contributed by atoms with Gasteiger partial charge in [0, 0.05) is 23.0 Å². The van der Waals surface area contributed by atoms with Crippen molar-refractivity contribution in [2.75, 3.05) is 20.1 Å². The average Bonchev–Trinajstić information content (AvgIpc) is 2.49. The zero-order valence-corrected chi connectivity index (χ0v) is 14.7. The molecule has 0 radical (unpaired) electrons. The molecule has 1 aromatic carbocycles. The summed E-state index contributed by atoms with van der Waals surface area (Å²) in [6.07, 6.45) is 2.08. The van der Waals surface area contributed by atoms with Crippen LogP contribution >= 0.6 is 35.8 Å². The summed E-state index contributed by atoms with van der Waals surface area (Å²) in [6.45, 7) is 3.97. The highest BCUT2D eigenvalue weighted by Crippen LogP contribution is 2.26. The van der Waals surface area contributed by atoms with E-state index in [1.807, 2.05) is 43.1 Å². The highest BCUT2D eigenvalue weighted by Gasteiger charge is 2.25. The van der Waals surface area contributed by atoms with Gasteiger partial charge in [-0.15, -0.1) is 24.2 Å². The fourth-order valence-corrected chi connectivity index (χ4v) is 3.52.